The first-order valence-corrected chi connectivity index (χ1v) is 11.8. The Morgan fingerprint density at radius 2 is 1.56 bits per heavy atom. The maximum atomic E-state index is 14.8. The number of carbonyl (C=O) groups is 2. The fourth-order valence-electron chi connectivity index (χ4n) is 5.33. The molecule has 5 rings (SSSR count). The third-order valence-electron chi connectivity index (χ3n) is 7.12. The fraction of sp³-hybridized carbons (Fsp3) is 0.500. The molecule has 2 aromatic rings. The van der Waals surface area contributed by atoms with Gasteiger partial charge in [-0.15, -0.1) is 4.73 Å². The SMILES string of the molecule is O=C(On1c(O)ccc1O)N1CC2CN(Cc3ccc(C(=O)N4CCCCC4)cc3F)CC2C1. The first kappa shape index (κ1) is 22.5. The van der Waals surface area contributed by atoms with Crippen LogP contribution in [0.3, 0.4) is 0 Å². The summed E-state index contributed by atoms with van der Waals surface area (Å²) >= 11 is 0. The molecule has 3 aliphatic rings. The lowest BCUT2D eigenvalue weighted by Gasteiger charge is -2.27. The average Bonchev–Trinajstić information content (AvgIpc) is 3.49. The minimum absolute atomic E-state index is 0.102. The number of piperidine rings is 1. The van der Waals surface area contributed by atoms with Crippen LogP contribution < -0.4 is 4.84 Å². The first-order valence-electron chi connectivity index (χ1n) is 11.8. The molecule has 0 saturated carbocycles. The molecule has 0 radical (unpaired) electrons. The molecule has 0 spiro atoms. The van der Waals surface area contributed by atoms with Crippen molar-refractivity contribution < 1.29 is 29.0 Å². The number of aromatic hydroxyl groups is 2. The zero-order chi connectivity index (χ0) is 23.8. The van der Waals surface area contributed by atoms with Crippen molar-refractivity contribution in [3.63, 3.8) is 0 Å². The summed E-state index contributed by atoms with van der Waals surface area (Å²) in [6, 6.07) is 7.24. The molecule has 34 heavy (non-hydrogen) atoms. The number of likely N-dealkylation sites (tertiary alicyclic amines) is 3. The molecule has 3 saturated heterocycles. The molecule has 2 unspecified atom stereocenters. The fourth-order valence-corrected chi connectivity index (χ4v) is 5.33. The molecule has 3 fully saturated rings. The average molecular weight is 473 g/mol. The highest BCUT2D eigenvalue weighted by atomic mass is 19.1. The number of aromatic nitrogens is 1. The molecular weight excluding hydrogens is 443 g/mol. The van der Waals surface area contributed by atoms with Crippen molar-refractivity contribution in [1.29, 1.82) is 0 Å². The van der Waals surface area contributed by atoms with Gasteiger partial charge < -0.3 is 24.9 Å². The van der Waals surface area contributed by atoms with E-state index in [1.165, 1.54) is 18.2 Å². The molecular formula is C24H29FN4O5. The Morgan fingerprint density at radius 1 is 0.912 bits per heavy atom. The van der Waals surface area contributed by atoms with E-state index in [0.717, 1.165) is 45.4 Å². The van der Waals surface area contributed by atoms with Gasteiger partial charge in [0.15, 0.2) is 0 Å². The van der Waals surface area contributed by atoms with E-state index in [4.69, 9.17) is 4.84 Å². The number of carbonyl (C=O) groups excluding carboxylic acids is 2. The number of amides is 2. The van der Waals surface area contributed by atoms with Gasteiger partial charge in [-0.2, -0.15) is 0 Å². The van der Waals surface area contributed by atoms with Gasteiger partial charge in [0.05, 0.1) is 0 Å². The van der Waals surface area contributed by atoms with Crippen LogP contribution in [0, 0.1) is 17.7 Å². The smallest absolute Gasteiger partial charge is 0.434 e. The van der Waals surface area contributed by atoms with E-state index in [-0.39, 0.29) is 35.3 Å². The molecule has 182 valence electrons. The van der Waals surface area contributed by atoms with Crippen LogP contribution in [0.15, 0.2) is 30.3 Å². The van der Waals surface area contributed by atoms with E-state index in [1.54, 1.807) is 21.9 Å². The van der Waals surface area contributed by atoms with E-state index < -0.39 is 6.09 Å². The normalized spacial score (nSPS) is 22.7. The Morgan fingerprint density at radius 3 is 2.18 bits per heavy atom. The summed E-state index contributed by atoms with van der Waals surface area (Å²) in [6.45, 7) is 4.36. The van der Waals surface area contributed by atoms with Crippen LogP contribution in [-0.4, -0.2) is 80.9 Å². The van der Waals surface area contributed by atoms with E-state index >= 15 is 0 Å². The van der Waals surface area contributed by atoms with Gasteiger partial charge >= 0.3 is 6.09 Å². The third-order valence-corrected chi connectivity index (χ3v) is 7.12. The zero-order valence-corrected chi connectivity index (χ0v) is 18.9. The first-order chi connectivity index (χ1) is 16.4. The molecule has 2 amide bonds. The number of rotatable bonds is 4. The maximum absolute atomic E-state index is 14.8. The van der Waals surface area contributed by atoms with Gasteiger partial charge in [0.1, 0.15) is 5.82 Å². The number of hydrogen-bond acceptors (Lipinski definition) is 6. The second kappa shape index (κ2) is 9.17. The number of hydrogen-bond donors (Lipinski definition) is 2. The number of nitrogens with zero attached hydrogens (tertiary/aromatic N) is 4. The highest BCUT2D eigenvalue weighted by Gasteiger charge is 2.42. The lowest BCUT2D eigenvalue weighted by atomic mass is 10.0. The molecule has 10 heteroatoms. The Bertz CT molecular complexity index is 1050. The third kappa shape index (κ3) is 4.42. The molecule has 9 nitrogen and oxygen atoms in total. The van der Waals surface area contributed by atoms with Crippen molar-refractivity contribution in [2.45, 2.75) is 25.8 Å². The molecule has 2 atom stereocenters. The number of halogens is 1. The van der Waals surface area contributed by atoms with Crippen molar-refractivity contribution in [2.75, 3.05) is 39.3 Å². The van der Waals surface area contributed by atoms with Gasteiger partial charge in [0, 0.05) is 69.1 Å². The maximum Gasteiger partial charge on any atom is 0.434 e. The quantitative estimate of drug-likeness (QED) is 0.709. The molecule has 2 N–H and O–H groups in total. The van der Waals surface area contributed by atoms with Gasteiger partial charge in [-0.25, -0.2) is 9.18 Å². The van der Waals surface area contributed by atoms with Crippen LogP contribution >= 0.6 is 0 Å². The van der Waals surface area contributed by atoms with Gasteiger partial charge in [-0.1, -0.05) is 6.07 Å². The second-order valence-electron chi connectivity index (χ2n) is 9.48. The summed E-state index contributed by atoms with van der Waals surface area (Å²) in [4.78, 5) is 35.7. The monoisotopic (exact) mass is 472 g/mol. The van der Waals surface area contributed by atoms with E-state index in [1.807, 2.05) is 0 Å². The molecule has 3 aliphatic heterocycles. The van der Waals surface area contributed by atoms with Crippen LogP contribution in [0.1, 0.15) is 35.2 Å². The van der Waals surface area contributed by atoms with Crippen molar-refractivity contribution in [2.24, 2.45) is 11.8 Å². The summed E-state index contributed by atoms with van der Waals surface area (Å²) in [6.07, 6.45) is 2.49. The van der Waals surface area contributed by atoms with Crippen molar-refractivity contribution >= 4 is 12.0 Å². The van der Waals surface area contributed by atoms with E-state index in [9.17, 15) is 24.2 Å². The standard InChI is InChI=1S/C24H29FN4O5/c25-20-10-16(23(32)27-8-2-1-3-9-27)4-5-17(20)11-26-12-18-14-28(15-19(18)13-26)24(33)34-29-21(30)6-7-22(29)31/h4-7,10,18-19,30-31H,1-3,8-9,11-15H2. The van der Waals surface area contributed by atoms with Crippen LogP contribution in [0.25, 0.3) is 0 Å². The second-order valence-corrected chi connectivity index (χ2v) is 9.48. The predicted octanol–water partition coefficient (Wildman–Crippen LogP) is 2.28. The van der Waals surface area contributed by atoms with E-state index in [2.05, 4.69) is 4.90 Å². The van der Waals surface area contributed by atoms with Gasteiger partial charge in [0.25, 0.3) is 5.91 Å². The summed E-state index contributed by atoms with van der Waals surface area (Å²) in [7, 11) is 0. The van der Waals surface area contributed by atoms with Gasteiger partial charge in [-0.05, 0) is 43.2 Å². The van der Waals surface area contributed by atoms with E-state index in [0.29, 0.717) is 35.5 Å². The highest BCUT2D eigenvalue weighted by Crippen LogP contribution is 2.32. The minimum Gasteiger partial charge on any atom is -0.492 e. The summed E-state index contributed by atoms with van der Waals surface area (Å²) in [5.41, 5.74) is 0.959. The van der Waals surface area contributed by atoms with Crippen molar-refractivity contribution in [3.8, 4) is 11.8 Å². The van der Waals surface area contributed by atoms with Crippen molar-refractivity contribution in [3.05, 3.63) is 47.3 Å². The number of benzene rings is 1. The molecule has 4 heterocycles. The summed E-state index contributed by atoms with van der Waals surface area (Å²) < 4.78 is 15.5. The molecule has 1 aromatic heterocycles. The van der Waals surface area contributed by atoms with Crippen molar-refractivity contribution in [1.82, 2.24) is 19.4 Å². The lowest BCUT2D eigenvalue weighted by molar-refractivity contribution is 0.0723. The van der Waals surface area contributed by atoms with Crippen LogP contribution in [-0.2, 0) is 6.54 Å². The Labute approximate surface area is 196 Å². The number of fused-ring (bicyclic) bond motifs is 1. The zero-order valence-electron chi connectivity index (χ0n) is 18.9. The lowest BCUT2D eigenvalue weighted by Crippen LogP contribution is -2.37. The van der Waals surface area contributed by atoms with Gasteiger partial charge in [-0.3, -0.25) is 9.69 Å². The summed E-state index contributed by atoms with van der Waals surface area (Å²) in [5, 5.41) is 19.3. The highest BCUT2D eigenvalue weighted by molar-refractivity contribution is 5.94. The largest absolute Gasteiger partial charge is 0.492 e. The Kier molecular flexibility index (Phi) is 6.07. The van der Waals surface area contributed by atoms with Crippen LogP contribution in [0.4, 0.5) is 9.18 Å². The molecule has 1 aromatic carbocycles. The van der Waals surface area contributed by atoms with Crippen LogP contribution in [0.2, 0.25) is 0 Å². The predicted molar refractivity (Wildman–Crippen MR) is 120 cm³/mol. The minimum atomic E-state index is -0.636. The topological polar surface area (TPSA) is 98.5 Å². The summed E-state index contributed by atoms with van der Waals surface area (Å²) in [5.74, 6) is -0.708. The van der Waals surface area contributed by atoms with Crippen LogP contribution in [0.5, 0.6) is 11.8 Å². The molecule has 0 aliphatic carbocycles. The Balaban J connectivity index is 1.15. The Hall–Kier alpha value is -3.27. The molecule has 0 bridgehead atoms. The van der Waals surface area contributed by atoms with Gasteiger partial charge in [0.2, 0.25) is 11.8 Å².